The Morgan fingerprint density at radius 3 is 2.03 bits per heavy atom. The van der Waals surface area contributed by atoms with E-state index < -0.39 is 22.0 Å². The summed E-state index contributed by atoms with van der Waals surface area (Å²) >= 11 is 0. The van der Waals surface area contributed by atoms with Crippen molar-refractivity contribution in [3.63, 3.8) is 0 Å². The van der Waals surface area contributed by atoms with E-state index >= 15 is 0 Å². The summed E-state index contributed by atoms with van der Waals surface area (Å²) in [7, 11) is -3.98. The Hall–Kier alpha value is -3.90. The van der Waals surface area contributed by atoms with Gasteiger partial charge in [0.1, 0.15) is 6.54 Å². The standard InChI is InChI=1S/C30H30N2O3S/c1-22-11-10-14-26(19-22)30(25-12-6-4-7-13-25)31-29(33)21-32(27-18-17-23(2)24(3)20-27)36(34,35)28-15-8-5-9-16-28/h4-20,30H,21H2,1-3H3,(H,31,33). The van der Waals surface area contributed by atoms with Gasteiger partial charge in [0.05, 0.1) is 16.6 Å². The molecule has 0 aliphatic heterocycles. The molecule has 36 heavy (non-hydrogen) atoms. The number of nitrogens with one attached hydrogen (secondary N) is 1. The van der Waals surface area contributed by atoms with Crippen LogP contribution in [0.4, 0.5) is 5.69 Å². The van der Waals surface area contributed by atoms with E-state index in [9.17, 15) is 13.2 Å². The largest absolute Gasteiger partial charge is 0.344 e. The minimum absolute atomic E-state index is 0.134. The van der Waals surface area contributed by atoms with Gasteiger partial charge in [-0.3, -0.25) is 9.10 Å². The number of carbonyl (C=O) groups excluding carboxylic acids is 1. The lowest BCUT2D eigenvalue weighted by Gasteiger charge is -2.27. The van der Waals surface area contributed by atoms with Crippen molar-refractivity contribution in [3.8, 4) is 0 Å². The summed E-state index contributed by atoms with van der Waals surface area (Å²) in [5.41, 5.74) is 5.36. The van der Waals surface area contributed by atoms with Crippen molar-refractivity contribution in [2.24, 2.45) is 0 Å². The lowest BCUT2D eigenvalue weighted by Crippen LogP contribution is -2.42. The molecule has 5 nitrogen and oxygen atoms in total. The van der Waals surface area contributed by atoms with Crippen LogP contribution < -0.4 is 9.62 Å². The van der Waals surface area contributed by atoms with Gasteiger partial charge in [-0.25, -0.2) is 8.42 Å². The third kappa shape index (κ3) is 5.66. The van der Waals surface area contributed by atoms with Crippen LogP contribution in [-0.2, 0) is 14.8 Å². The summed E-state index contributed by atoms with van der Waals surface area (Å²) in [6.07, 6.45) is 0. The van der Waals surface area contributed by atoms with Crippen LogP contribution in [0.5, 0.6) is 0 Å². The van der Waals surface area contributed by atoms with Crippen LogP contribution in [0.25, 0.3) is 0 Å². The van der Waals surface area contributed by atoms with Crippen molar-refractivity contribution < 1.29 is 13.2 Å². The molecular weight excluding hydrogens is 468 g/mol. The number of aryl methyl sites for hydroxylation is 3. The van der Waals surface area contributed by atoms with E-state index in [2.05, 4.69) is 5.32 Å². The molecule has 0 radical (unpaired) electrons. The molecule has 0 heterocycles. The summed E-state index contributed by atoms with van der Waals surface area (Å²) in [5.74, 6) is -0.400. The van der Waals surface area contributed by atoms with Crippen LogP contribution in [0, 0.1) is 20.8 Å². The Bertz CT molecular complexity index is 1450. The van der Waals surface area contributed by atoms with E-state index in [4.69, 9.17) is 0 Å². The summed E-state index contributed by atoms with van der Waals surface area (Å²) < 4.78 is 28.5. The Morgan fingerprint density at radius 1 is 0.750 bits per heavy atom. The highest BCUT2D eigenvalue weighted by Gasteiger charge is 2.28. The lowest BCUT2D eigenvalue weighted by molar-refractivity contribution is -0.120. The molecule has 0 aliphatic carbocycles. The van der Waals surface area contributed by atoms with Crippen molar-refractivity contribution in [2.45, 2.75) is 31.7 Å². The number of rotatable bonds is 8. The summed E-state index contributed by atoms with van der Waals surface area (Å²) in [6.45, 7) is 5.54. The second kappa shape index (κ2) is 10.8. The Morgan fingerprint density at radius 2 is 1.39 bits per heavy atom. The lowest BCUT2D eigenvalue weighted by atomic mass is 9.97. The first-order valence-corrected chi connectivity index (χ1v) is 13.3. The smallest absolute Gasteiger partial charge is 0.264 e. The molecule has 4 rings (SSSR count). The van der Waals surface area contributed by atoms with Crippen LogP contribution in [0.2, 0.25) is 0 Å². The van der Waals surface area contributed by atoms with Crippen LogP contribution in [0.15, 0.2) is 108 Å². The maximum Gasteiger partial charge on any atom is 0.264 e. The molecule has 0 fully saturated rings. The molecule has 0 saturated heterocycles. The molecule has 0 aromatic heterocycles. The molecule has 1 amide bonds. The number of anilines is 1. The third-order valence-corrected chi connectivity index (χ3v) is 8.00. The highest BCUT2D eigenvalue weighted by Crippen LogP contribution is 2.27. The first-order chi connectivity index (χ1) is 17.3. The summed E-state index contributed by atoms with van der Waals surface area (Å²) in [6, 6.07) is 30.8. The topological polar surface area (TPSA) is 66.5 Å². The molecule has 6 heteroatoms. The highest BCUT2D eigenvalue weighted by atomic mass is 32.2. The third-order valence-electron chi connectivity index (χ3n) is 6.21. The molecule has 0 aliphatic rings. The average molecular weight is 499 g/mol. The molecule has 0 spiro atoms. The molecule has 4 aromatic rings. The molecule has 4 aromatic carbocycles. The maximum atomic E-state index is 13.7. The average Bonchev–Trinajstić information content (AvgIpc) is 2.88. The Balaban J connectivity index is 1.70. The molecule has 1 N–H and O–H groups in total. The van der Waals surface area contributed by atoms with E-state index in [-0.39, 0.29) is 11.4 Å². The first-order valence-electron chi connectivity index (χ1n) is 11.8. The van der Waals surface area contributed by atoms with Gasteiger partial charge in [0.2, 0.25) is 5.91 Å². The van der Waals surface area contributed by atoms with Crippen LogP contribution >= 0.6 is 0 Å². The second-order valence-electron chi connectivity index (χ2n) is 8.92. The highest BCUT2D eigenvalue weighted by molar-refractivity contribution is 7.92. The van der Waals surface area contributed by atoms with Crippen molar-refractivity contribution in [3.05, 3.63) is 131 Å². The van der Waals surface area contributed by atoms with Crippen molar-refractivity contribution in [2.75, 3.05) is 10.8 Å². The minimum Gasteiger partial charge on any atom is -0.344 e. The normalized spacial score (nSPS) is 12.1. The van der Waals surface area contributed by atoms with Crippen LogP contribution in [0.1, 0.15) is 33.9 Å². The van der Waals surface area contributed by atoms with E-state index in [0.717, 1.165) is 27.8 Å². The first kappa shape index (κ1) is 25.2. The van der Waals surface area contributed by atoms with Crippen LogP contribution in [0.3, 0.4) is 0 Å². The van der Waals surface area contributed by atoms with E-state index in [1.54, 1.807) is 42.5 Å². The zero-order valence-corrected chi connectivity index (χ0v) is 21.5. The molecule has 0 bridgehead atoms. The van der Waals surface area contributed by atoms with Gasteiger partial charge < -0.3 is 5.32 Å². The number of benzene rings is 4. The Kier molecular flexibility index (Phi) is 7.55. The monoisotopic (exact) mass is 498 g/mol. The van der Waals surface area contributed by atoms with Gasteiger partial charge in [-0.15, -0.1) is 0 Å². The number of hydrogen-bond acceptors (Lipinski definition) is 3. The number of hydrogen-bond donors (Lipinski definition) is 1. The van der Waals surface area contributed by atoms with Gasteiger partial charge >= 0.3 is 0 Å². The molecule has 184 valence electrons. The fraction of sp³-hybridized carbons (Fsp3) is 0.167. The number of carbonyl (C=O) groups is 1. The van der Waals surface area contributed by atoms with Crippen molar-refractivity contribution in [1.82, 2.24) is 5.32 Å². The second-order valence-corrected chi connectivity index (χ2v) is 10.8. The molecular formula is C30H30N2O3S. The number of sulfonamides is 1. The van der Waals surface area contributed by atoms with Crippen molar-refractivity contribution >= 4 is 21.6 Å². The van der Waals surface area contributed by atoms with Gasteiger partial charge in [0.25, 0.3) is 10.0 Å². The zero-order valence-electron chi connectivity index (χ0n) is 20.7. The van der Waals surface area contributed by atoms with Gasteiger partial charge in [0.15, 0.2) is 0 Å². The van der Waals surface area contributed by atoms with E-state index in [1.165, 1.54) is 4.31 Å². The van der Waals surface area contributed by atoms with Gasteiger partial charge in [-0.2, -0.15) is 0 Å². The van der Waals surface area contributed by atoms with Gasteiger partial charge in [0, 0.05) is 0 Å². The zero-order chi connectivity index (χ0) is 25.7. The van der Waals surface area contributed by atoms with E-state index in [1.807, 2.05) is 81.4 Å². The fourth-order valence-electron chi connectivity index (χ4n) is 4.11. The number of amides is 1. The van der Waals surface area contributed by atoms with Crippen LogP contribution in [-0.4, -0.2) is 20.9 Å². The predicted molar refractivity (Wildman–Crippen MR) is 144 cm³/mol. The SMILES string of the molecule is Cc1cccc(C(NC(=O)CN(c2ccc(C)c(C)c2)S(=O)(=O)c2ccccc2)c2ccccc2)c1. The van der Waals surface area contributed by atoms with Crippen molar-refractivity contribution in [1.29, 1.82) is 0 Å². The number of nitrogens with zero attached hydrogens (tertiary/aromatic N) is 1. The molecule has 1 unspecified atom stereocenters. The summed E-state index contributed by atoms with van der Waals surface area (Å²) in [4.78, 5) is 13.6. The molecule has 1 atom stereocenters. The van der Waals surface area contributed by atoms with E-state index in [0.29, 0.717) is 5.69 Å². The predicted octanol–water partition coefficient (Wildman–Crippen LogP) is 5.71. The Labute approximate surface area is 213 Å². The maximum absolute atomic E-state index is 13.7. The summed E-state index contributed by atoms with van der Waals surface area (Å²) in [5, 5.41) is 3.08. The van der Waals surface area contributed by atoms with Gasteiger partial charge in [-0.1, -0.05) is 84.4 Å². The molecule has 0 saturated carbocycles. The quantitative estimate of drug-likeness (QED) is 0.338. The minimum atomic E-state index is -3.98. The fourth-order valence-corrected chi connectivity index (χ4v) is 5.54. The van der Waals surface area contributed by atoms with Gasteiger partial charge in [-0.05, 0) is 67.3 Å².